The van der Waals surface area contributed by atoms with Gasteiger partial charge in [0.05, 0.1) is 0 Å². The summed E-state index contributed by atoms with van der Waals surface area (Å²) >= 11 is 0. The van der Waals surface area contributed by atoms with E-state index in [0.29, 0.717) is 0 Å². The van der Waals surface area contributed by atoms with Gasteiger partial charge in [0.1, 0.15) is 0 Å². The molecule has 0 aromatic heterocycles. The first-order valence-electron chi connectivity index (χ1n) is 0.571. The summed E-state index contributed by atoms with van der Waals surface area (Å²) in [6.45, 7) is 0. The summed E-state index contributed by atoms with van der Waals surface area (Å²) in [6.07, 6.45) is 0. The van der Waals surface area contributed by atoms with Crippen LogP contribution in [0.25, 0.3) is 0 Å². The first-order chi connectivity index (χ1) is 4.00. The van der Waals surface area contributed by atoms with Crippen molar-refractivity contribution in [3.05, 3.63) is 0 Å². The zero-order chi connectivity index (χ0) is 8.00. The Morgan fingerprint density at radius 1 is 0.300 bits per heavy atom. The van der Waals surface area contributed by atoms with Crippen molar-refractivity contribution < 1.29 is 46.0 Å². The number of hydrogen-bond donors (Lipinski definition) is 0. The van der Waals surface area contributed by atoms with Crippen LogP contribution in [-0.2, 0) is 0 Å². The highest BCUT2D eigenvalue weighted by molar-refractivity contribution is 2.11. The largest absolute Gasteiger partial charge is 0.269 e. The molecule has 0 aromatic carbocycles. The summed E-state index contributed by atoms with van der Waals surface area (Å²) in [5.41, 5.74) is 0. The normalized spacial score (nSPS) is 2.40. The van der Waals surface area contributed by atoms with E-state index < -0.39 is 0 Å². The molecule has 0 aliphatic heterocycles. The van der Waals surface area contributed by atoms with Crippen molar-refractivity contribution in [3.8, 4) is 0 Å². The van der Waals surface area contributed by atoms with Gasteiger partial charge in [0.15, 0.2) is 0 Å². The summed E-state index contributed by atoms with van der Waals surface area (Å²) in [5.74, 6) is 0. The molecule has 0 N–H and O–H groups in total. The summed E-state index contributed by atoms with van der Waals surface area (Å²) in [6, 6.07) is 0. The zero-order valence-electron chi connectivity index (χ0n) is 3.84. The van der Waals surface area contributed by atoms with Gasteiger partial charge in [-0.25, -0.2) is 0 Å². The smallest absolute Gasteiger partial charge is 0 e. The van der Waals surface area contributed by atoms with E-state index in [1.807, 2.05) is 0 Å². The quantitative estimate of drug-likeness (QED) is 0.513. The SMILES string of the molecule is F.F.FF.FF.FF.FF. The summed E-state index contributed by atoms with van der Waals surface area (Å²) < 4.78 is 64.0. The van der Waals surface area contributed by atoms with E-state index in [1.165, 1.54) is 0 Å². The van der Waals surface area contributed by atoms with Crippen molar-refractivity contribution in [2.45, 2.75) is 0 Å². The predicted octanol–water partition coefficient (Wildman–Crippen LogP) is 3.67. The first-order valence-corrected chi connectivity index (χ1v) is 0.571. The maximum atomic E-state index is 8.00. The summed E-state index contributed by atoms with van der Waals surface area (Å²) in [5, 5.41) is 0. The zero-order valence-corrected chi connectivity index (χ0v) is 3.84. The van der Waals surface area contributed by atoms with E-state index in [-0.39, 0.29) is 9.41 Å². The van der Waals surface area contributed by atoms with Crippen LogP contribution in [0.15, 0.2) is 0 Å². The van der Waals surface area contributed by atoms with Gasteiger partial charge in [-0.3, -0.25) is 9.41 Å². The Kier molecular flexibility index (Phi) is 5310. The molecule has 0 aliphatic carbocycles. The van der Waals surface area contributed by atoms with Gasteiger partial charge in [-0.05, 0) is 0 Å². The van der Waals surface area contributed by atoms with E-state index in [2.05, 4.69) is 0 Å². The third-order valence-corrected chi connectivity index (χ3v) is 0. The number of rotatable bonds is 0. The van der Waals surface area contributed by atoms with Gasteiger partial charge in [-0.15, -0.1) is 0 Å². The fourth-order valence-corrected chi connectivity index (χ4v) is 0. The monoisotopic (exact) mass is 192 g/mol. The van der Waals surface area contributed by atoms with Crippen LogP contribution in [-0.4, -0.2) is 0 Å². The lowest BCUT2D eigenvalue weighted by Gasteiger charge is -1.00. The van der Waals surface area contributed by atoms with Crippen LogP contribution < -0.4 is 0 Å². The molecule has 0 amide bonds. The molecule has 0 atom stereocenters. The average molecular weight is 192 g/mol. The molecule has 0 bridgehead atoms. The van der Waals surface area contributed by atoms with E-state index >= 15 is 0 Å². The Morgan fingerprint density at radius 3 is 0.300 bits per heavy atom. The molecular formula is H2F10. The molecule has 0 saturated carbocycles. The molecule has 0 spiro atoms. The lowest BCUT2D eigenvalue weighted by molar-refractivity contribution is 0.108. The highest BCUT2D eigenvalue weighted by Crippen LogP contribution is 1.43. The molecule has 0 aliphatic rings. The lowest BCUT2D eigenvalue weighted by atomic mass is 18.0. The molecule has 0 rings (SSSR count). The van der Waals surface area contributed by atoms with Crippen molar-refractivity contribution in [2.24, 2.45) is 0 Å². The topological polar surface area (TPSA) is 0 Å². The van der Waals surface area contributed by atoms with Gasteiger partial charge in [0.2, 0.25) is 0 Å². The van der Waals surface area contributed by atoms with E-state index in [0.717, 1.165) is 0 Å². The lowest BCUT2D eigenvalue weighted by Crippen LogP contribution is -0.580. The van der Waals surface area contributed by atoms with Gasteiger partial charge in [-0.1, -0.05) is 0 Å². The maximum Gasteiger partial charge on any atom is 0 e. The third kappa shape index (κ3) is 591. The third-order valence-electron chi connectivity index (χ3n) is 0. The minimum atomic E-state index is 0. The van der Waals surface area contributed by atoms with Crippen LogP contribution in [0.5, 0.6) is 0 Å². The van der Waals surface area contributed by atoms with Gasteiger partial charge in [0, 0.05) is 36.6 Å². The minimum absolute atomic E-state index is 0. The predicted molar refractivity (Wildman–Crippen MR) is 13.9 cm³/mol. The minimum Gasteiger partial charge on any atom is -0.269 e. The van der Waals surface area contributed by atoms with Crippen LogP contribution in [0.2, 0.25) is 0 Å². The Bertz CT molecular complexity index is 0. The Labute approximate surface area is 47.6 Å². The van der Waals surface area contributed by atoms with Crippen LogP contribution in [0.1, 0.15) is 0 Å². The molecule has 0 heterocycles. The van der Waals surface area contributed by atoms with Crippen molar-refractivity contribution in [3.63, 3.8) is 0 Å². The molecule has 0 fully saturated rings. The number of halogens is 10. The standard InChI is InChI=1S/4F2.2FH/c4*1-2;;/h;;;;2*1H. The average Bonchev–Trinajstić information content (AvgIpc) is 2.03. The van der Waals surface area contributed by atoms with Crippen LogP contribution >= 0.6 is 0 Å². The molecule has 0 aromatic rings. The second-order valence-corrected chi connectivity index (χ2v) is 0. The van der Waals surface area contributed by atoms with Crippen LogP contribution in [0.3, 0.4) is 0 Å². The highest BCUT2D eigenvalue weighted by atomic mass is 20.0. The Balaban J connectivity index is -0.00000000500. The van der Waals surface area contributed by atoms with Gasteiger partial charge in [-0.2, -0.15) is 0 Å². The van der Waals surface area contributed by atoms with Crippen molar-refractivity contribution in [1.82, 2.24) is 0 Å². The fraction of sp³-hybridized carbons (Fsp3) is 0. The highest BCUT2D eigenvalue weighted by Gasteiger charge is 1.01. The molecule has 0 nitrogen and oxygen atoms in total. The van der Waals surface area contributed by atoms with Crippen molar-refractivity contribution in [1.29, 1.82) is 0 Å². The number of hydrogen-bond acceptors (Lipinski definition) is 0. The van der Waals surface area contributed by atoms with Crippen LogP contribution in [0.4, 0.5) is 46.0 Å². The molecule has 0 radical (unpaired) electrons. The van der Waals surface area contributed by atoms with Gasteiger partial charge >= 0.3 is 0 Å². The van der Waals surface area contributed by atoms with Crippen molar-refractivity contribution in [2.75, 3.05) is 0 Å². The second kappa shape index (κ2) is 903. The molecule has 10 heavy (non-hydrogen) atoms. The maximum absolute atomic E-state index is 8.00. The van der Waals surface area contributed by atoms with E-state index in [1.54, 1.807) is 0 Å². The molecule has 72 valence electrons. The summed E-state index contributed by atoms with van der Waals surface area (Å²) in [4.78, 5) is 0. The van der Waals surface area contributed by atoms with Gasteiger partial charge in [0.25, 0.3) is 0 Å². The van der Waals surface area contributed by atoms with E-state index in [4.69, 9.17) is 36.6 Å². The van der Waals surface area contributed by atoms with Gasteiger partial charge < -0.3 is 0 Å². The fourth-order valence-electron chi connectivity index (χ4n) is 0. The van der Waals surface area contributed by atoms with Crippen LogP contribution in [0, 0.1) is 0 Å². The summed E-state index contributed by atoms with van der Waals surface area (Å²) in [7, 11) is 0. The second-order valence-electron chi connectivity index (χ2n) is 0. The first kappa shape index (κ1) is 58.8. The van der Waals surface area contributed by atoms with E-state index in [9.17, 15) is 0 Å². The Morgan fingerprint density at radius 2 is 0.300 bits per heavy atom. The molecule has 0 saturated heterocycles. The molecular weight excluding hydrogens is 190 g/mol. The molecule has 10 heteroatoms. The van der Waals surface area contributed by atoms with Crippen molar-refractivity contribution >= 4 is 0 Å². The molecule has 0 unspecified atom stereocenters. The Hall–Kier alpha value is -0.700.